The molecule has 0 amide bonds. The summed E-state index contributed by atoms with van der Waals surface area (Å²) in [6.07, 6.45) is -4.39. The summed E-state index contributed by atoms with van der Waals surface area (Å²) in [5.74, 6) is -0.334. The van der Waals surface area contributed by atoms with Crippen molar-refractivity contribution in [2.45, 2.75) is 17.9 Å². The van der Waals surface area contributed by atoms with Gasteiger partial charge in [0.15, 0.2) is 0 Å². The molecule has 0 fully saturated rings. The van der Waals surface area contributed by atoms with Gasteiger partial charge in [-0.25, -0.2) is 0 Å². The third-order valence-electron chi connectivity index (χ3n) is 1.81. The van der Waals surface area contributed by atoms with Crippen molar-refractivity contribution in [3.63, 3.8) is 0 Å². The Morgan fingerprint density at radius 1 is 1.00 bits per heavy atom. The van der Waals surface area contributed by atoms with Gasteiger partial charge in [0.25, 0.3) is 0 Å². The second kappa shape index (κ2) is 4.41. The monoisotopic (exact) mass is 242 g/mol. The number of hydrogen-bond acceptors (Lipinski definition) is 0. The lowest BCUT2D eigenvalue weighted by atomic mass is 10.0. The van der Waals surface area contributed by atoms with Gasteiger partial charge < -0.3 is 0 Å². The lowest BCUT2D eigenvalue weighted by Gasteiger charge is -2.14. The Hall–Kier alpha value is -0.410. The molecular weight excluding hydrogens is 236 g/mol. The number of alkyl halides is 5. The highest BCUT2D eigenvalue weighted by atomic mass is 35.5. The molecule has 0 heterocycles. The molecule has 0 aliphatic carbocycles. The Kier molecular flexibility index (Phi) is 3.67. The van der Waals surface area contributed by atoms with Crippen LogP contribution >= 0.6 is 23.2 Å². The van der Waals surface area contributed by atoms with Crippen molar-refractivity contribution in [1.29, 1.82) is 0 Å². The van der Waals surface area contributed by atoms with E-state index in [0.29, 0.717) is 0 Å². The molecule has 0 aliphatic rings. The highest BCUT2D eigenvalue weighted by molar-refractivity contribution is 6.18. The molecule has 0 aromatic heterocycles. The molecule has 0 atom stereocenters. The summed E-state index contributed by atoms with van der Waals surface area (Å²) in [5.41, 5.74) is -0.570. The maximum Gasteiger partial charge on any atom is 0.417 e. The van der Waals surface area contributed by atoms with E-state index in [-0.39, 0.29) is 22.9 Å². The quantitative estimate of drug-likeness (QED) is 0.683. The first-order valence-corrected chi connectivity index (χ1v) is 4.87. The highest BCUT2D eigenvalue weighted by Crippen LogP contribution is 2.35. The van der Waals surface area contributed by atoms with E-state index in [1.165, 1.54) is 18.2 Å². The maximum atomic E-state index is 12.6. The van der Waals surface area contributed by atoms with Gasteiger partial charge in [-0.1, -0.05) is 18.2 Å². The van der Waals surface area contributed by atoms with Gasteiger partial charge >= 0.3 is 6.18 Å². The van der Waals surface area contributed by atoms with E-state index in [9.17, 15) is 13.2 Å². The molecule has 0 bridgehead atoms. The van der Waals surface area contributed by atoms with Gasteiger partial charge in [-0.3, -0.25) is 0 Å². The topological polar surface area (TPSA) is 0 Å². The molecule has 1 aromatic rings. The minimum absolute atomic E-state index is 0.0670. The summed E-state index contributed by atoms with van der Waals surface area (Å²) in [5, 5.41) is 0. The lowest BCUT2D eigenvalue weighted by molar-refractivity contribution is -0.138. The van der Waals surface area contributed by atoms with Gasteiger partial charge in [0.1, 0.15) is 0 Å². The molecule has 0 radical (unpaired) electrons. The van der Waals surface area contributed by atoms with Crippen LogP contribution in [-0.2, 0) is 17.9 Å². The lowest BCUT2D eigenvalue weighted by Crippen LogP contribution is -2.11. The van der Waals surface area contributed by atoms with Gasteiger partial charge in [0, 0.05) is 11.8 Å². The first-order chi connectivity index (χ1) is 6.50. The molecule has 0 unspecified atom stereocenters. The van der Waals surface area contributed by atoms with Crippen LogP contribution in [0.15, 0.2) is 18.2 Å². The third kappa shape index (κ3) is 2.34. The molecule has 0 aliphatic heterocycles. The van der Waals surface area contributed by atoms with Gasteiger partial charge in [-0.2, -0.15) is 13.2 Å². The van der Waals surface area contributed by atoms with Crippen molar-refractivity contribution < 1.29 is 13.2 Å². The fourth-order valence-electron chi connectivity index (χ4n) is 1.24. The Labute approximate surface area is 89.6 Å². The van der Waals surface area contributed by atoms with Crippen LogP contribution in [0.2, 0.25) is 0 Å². The fraction of sp³-hybridized carbons (Fsp3) is 0.333. The Morgan fingerprint density at radius 2 is 1.43 bits per heavy atom. The van der Waals surface area contributed by atoms with E-state index in [1.807, 2.05) is 0 Å². The zero-order chi connectivity index (χ0) is 10.8. The van der Waals surface area contributed by atoms with E-state index in [4.69, 9.17) is 23.2 Å². The van der Waals surface area contributed by atoms with Crippen LogP contribution in [0, 0.1) is 0 Å². The van der Waals surface area contributed by atoms with Gasteiger partial charge in [0.05, 0.1) is 5.56 Å². The smallest absolute Gasteiger partial charge is 0.166 e. The molecule has 0 saturated heterocycles. The van der Waals surface area contributed by atoms with Crippen molar-refractivity contribution in [2.24, 2.45) is 0 Å². The van der Waals surface area contributed by atoms with Gasteiger partial charge in [0.2, 0.25) is 0 Å². The third-order valence-corrected chi connectivity index (χ3v) is 2.38. The zero-order valence-electron chi connectivity index (χ0n) is 7.04. The predicted molar refractivity (Wildman–Crippen MR) is 50.6 cm³/mol. The Balaban J connectivity index is 3.34. The van der Waals surface area contributed by atoms with Crippen LogP contribution in [0.3, 0.4) is 0 Å². The number of rotatable bonds is 2. The zero-order valence-corrected chi connectivity index (χ0v) is 8.55. The van der Waals surface area contributed by atoms with Crippen LogP contribution in [-0.4, -0.2) is 0 Å². The Bertz CT molecular complexity index is 298. The summed E-state index contributed by atoms with van der Waals surface area (Å²) < 4.78 is 37.7. The molecule has 1 rings (SSSR count). The molecular formula is C9H7Cl2F3. The number of hydrogen-bond donors (Lipinski definition) is 0. The highest BCUT2D eigenvalue weighted by Gasteiger charge is 2.35. The molecule has 1 aromatic carbocycles. The summed E-state index contributed by atoms with van der Waals surface area (Å²) in [6, 6.07) is 4.22. The maximum absolute atomic E-state index is 12.6. The Morgan fingerprint density at radius 3 is 1.71 bits per heavy atom. The molecule has 0 nitrogen and oxygen atoms in total. The van der Waals surface area contributed by atoms with E-state index in [0.717, 1.165) is 0 Å². The van der Waals surface area contributed by atoms with E-state index >= 15 is 0 Å². The summed E-state index contributed by atoms with van der Waals surface area (Å²) in [6.45, 7) is 0. The fourth-order valence-corrected chi connectivity index (χ4v) is 1.69. The summed E-state index contributed by atoms with van der Waals surface area (Å²) >= 11 is 10.8. The second-order valence-corrected chi connectivity index (χ2v) is 3.25. The molecule has 14 heavy (non-hydrogen) atoms. The molecule has 78 valence electrons. The van der Waals surface area contributed by atoms with Crippen LogP contribution < -0.4 is 0 Å². The largest absolute Gasteiger partial charge is 0.417 e. The van der Waals surface area contributed by atoms with Gasteiger partial charge in [-0.15, -0.1) is 23.2 Å². The van der Waals surface area contributed by atoms with Crippen molar-refractivity contribution in [3.8, 4) is 0 Å². The molecule has 0 N–H and O–H groups in total. The number of halogens is 5. The minimum atomic E-state index is -4.39. The first-order valence-electron chi connectivity index (χ1n) is 3.80. The molecule has 0 spiro atoms. The molecule has 5 heteroatoms. The van der Waals surface area contributed by atoms with Crippen LogP contribution in [0.5, 0.6) is 0 Å². The average molecular weight is 243 g/mol. The average Bonchev–Trinajstić information content (AvgIpc) is 2.15. The van der Waals surface area contributed by atoms with Crippen molar-refractivity contribution in [3.05, 3.63) is 34.9 Å². The van der Waals surface area contributed by atoms with Crippen molar-refractivity contribution in [1.82, 2.24) is 0 Å². The predicted octanol–water partition coefficient (Wildman–Crippen LogP) is 4.18. The van der Waals surface area contributed by atoms with Crippen LogP contribution in [0.4, 0.5) is 13.2 Å². The van der Waals surface area contributed by atoms with Crippen molar-refractivity contribution >= 4 is 23.2 Å². The van der Waals surface area contributed by atoms with Crippen LogP contribution in [0.25, 0.3) is 0 Å². The van der Waals surface area contributed by atoms with E-state index in [2.05, 4.69) is 0 Å². The number of benzene rings is 1. The normalized spacial score (nSPS) is 11.8. The molecule has 0 saturated carbocycles. The first kappa shape index (κ1) is 11.7. The van der Waals surface area contributed by atoms with E-state index in [1.54, 1.807) is 0 Å². The summed E-state index contributed by atoms with van der Waals surface area (Å²) in [4.78, 5) is 0. The van der Waals surface area contributed by atoms with Crippen LogP contribution in [0.1, 0.15) is 16.7 Å². The standard InChI is InChI=1S/C9H7Cl2F3/c10-4-6-2-1-3-7(5-11)8(6)9(12,13)14/h1-3H,4-5H2. The second-order valence-electron chi connectivity index (χ2n) is 2.72. The van der Waals surface area contributed by atoms with E-state index < -0.39 is 11.7 Å². The van der Waals surface area contributed by atoms with Gasteiger partial charge in [-0.05, 0) is 11.1 Å². The minimum Gasteiger partial charge on any atom is -0.166 e. The summed E-state index contributed by atoms with van der Waals surface area (Å²) in [7, 11) is 0. The SMILES string of the molecule is FC(F)(F)c1c(CCl)cccc1CCl. The van der Waals surface area contributed by atoms with Crippen molar-refractivity contribution in [2.75, 3.05) is 0 Å².